The van der Waals surface area contributed by atoms with Gasteiger partial charge in [0.1, 0.15) is 5.75 Å². The van der Waals surface area contributed by atoms with Gasteiger partial charge in [-0.1, -0.05) is 35.3 Å². The quantitative estimate of drug-likeness (QED) is 0.706. The number of anilines is 1. The van der Waals surface area contributed by atoms with Crippen LogP contribution in [0.3, 0.4) is 0 Å². The molecule has 0 unspecified atom stereocenters. The average Bonchev–Trinajstić information content (AvgIpc) is 2.51. The maximum atomic E-state index is 11.9. The summed E-state index contributed by atoms with van der Waals surface area (Å²) in [5.74, 6) is 0.794. The van der Waals surface area contributed by atoms with Gasteiger partial charge >= 0.3 is 0 Å². The normalized spacial score (nSPS) is 10.4. The van der Waals surface area contributed by atoms with Crippen LogP contribution in [0.1, 0.15) is 24.0 Å². The number of nitrogens with one attached hydrogen (secondary N) is 1. The zero-order chi connectivity index (χ0) is 16.8. The molecule has 0 heterocycles. The Morgan fingerprint density at radius 2 is 1.91 bits per heavy atom. The third kappa shape index (κ3) is 5.15. The summed E-state index contributed by atoms with van der Waals surface area (Å²) < 4.78 is 5.73. The molecule has 0 bridgehead atoms. The van der Waals surface area contributed by atoms with Gasteiger partial charge in [-0.15, -0.1) is 0 Å². The van der Waals surface area contributed by atoms with Crippen molar-refractivity contribution in [2.75, 3.05) is 11.9 Å². The summed E-state index contributed by atoms with van der Waals surface area (Å²) in [5.41, 5.74) is 2.97. The topological polar surface area (TPSA) is 38.3 Å². The molecule has 0 fully saturated rings. The molecule has 3 nitrogen and oxygen atoms in total. The van der Waals surface area contributed by atoms with E-state index in [-0.39, 0.29) is 5.91 Å². The van der Waals surface area contributed by atoms with Gasteiger partial charge in [0.25, 0.3) is 0 Å². The second-order valence-electron chi connectivity index (χ2n) is 5.33. The van der Waals surface area contributed by atoms with Crippen molar-refractivity contribution in [3.8, 4) is 5.75 Å². The number of amides is 1. The molecule has 2 aromatic rings. The number of halogens is 2. The Bertz CT molecular complexity index is 701. The van der Waals surface area contributed by atoms with Crippen molar-refractivity contribution in [2.24, 2.45) is 0 Å². The number of ether oxygens (including phenoxy) is 1. The van der Waals surface area contributed by atoms with Gasteiger partial charge in [0.05, 0.1) is 16.7 Å². The summed E-state index contributed by atoms with van der Waals surface area (Å²) in [6.45, 7) is 4.58. The molecule has 0 aliphatic heterocycles. The van der Waals surface area contributed by atoms with E-state index >= 15 is 0 Å². The Morgan fingerprint density at radius 3 is 2.65 bits per heavy atom. The van der Waals surface area contributed by atoms with Crippen LogP contribution in [0.5, 0.6) is 5.75 Å². The molecule has 0 atom stereocenters. The molecule has 0 saturated carbocycles. The van der Waals surface area contributed by atoms with Crippen molar-refractivity contribution in [1.29, 1.82) is 0 Å². The Kier molecular flexibility index (Phi) is 6.31. The fraction of sp³-hybridized carbons (Fsp3) is 0.278. The van der Waals surface area contributed by atoms with Crippen molar-refractivity contribution < 1.29 is 9.53 Å². The molecule has 5 heteroatoms. The first-order chi connectivity index (χ1) is 11.0. The Hall–Kier alpha value is -1.71. The van der Waals surface area contributed by atoms with E-state index in [1.54, 1.807) is 18.2 Å². The number of aryl methyl sites for hydroxylation is 1. The Labute approximate surface area is 146 Å². The van der Waals surface area contributed by atoms with E-state index in [0.717, 1.165) is 11.3 Å². The highest BCUT2D eigenvalue weighted by Crippen LogP contribution is 2.25. The molecule has 0 aliphatic rings. The molecule has 0 radical (unpaired) electrons. The monoisotopic (exact) mass is 351 g/mol. The molecule has 2 rings (SSSR count). The van der Waals surface area contributed by atoms with Crippen molar-refractivity contribution in [1.82, 2.24) is 0 Å². The number of benzene rings is 2. The van der Waals surface area contributed by atoms with Crippen molar-refractivity contribution >= 4 is 34.8 Å². The molecule has 0 spiro atoms. The van der Waals surface area contributed by atoms with Gasteiger partial charge in [-0.05, 0) is 55.7 Å². The summed E-state index contributed by atoms with van der Waals surface area (Å²) in [6, 6.07) is 11.0. The highest BCUT2D eigenvalue weighted by atomic mass is 35.5. The summed E-state index contributed by atoms with van der Waals surface area (Å²) in [6.07, 6.45) is 1.02. The van der Waals surface area contributed by atoms with E-state index in [0.29, 0.717) is 35.2 Å². The first-order valence-electron chi connectivity index (χ1n) is 7.41. The summed E-state index contributed by atoms with van der Waals surface area (Å²) >= 11 is 11.8. The molecule has 0 aliphatic carbocycles. The fourth-order valence-electron chi connectivity index (χ4n) is 2.09. The van der Waals surface area contributed by atoms with Gasteiger partial charge in [-0.3, -0.25) is 4.79 Å². The highest BCUT2D eigenvalue weighted by Gasteiger charge is 2.06. The maximum absolute atomic E-state index is 11.9. The molecule has 0 aromatic heterocycles. The van der Waals surface area contributed by atoms with Crippen LogP contribution in [0.25, 0.3) is 0 Å². The molecular formula is C18H19Cl2NO2. The standard InChI is InChI=1S/C18H19Cl2NO2/c1-12-5-3-6-17(13(12)2)23-10-4-7-18(22)21-14-8-9-15(19)16(20)11-14/h3,5-6,8-9,11H,4,7,10H2,1-2H3,(H,21,22). The molecule has 2 aromatic carbocycles. The van der Waals surface area contributed by atoms with Crippen LogP contribution < -0.4 is 10.1 Å². The van der Waals surface area contributed by atoms with Gasteiger partial charge < -0.3 is 10.1 Å². The van der Waals surface area contributed by atoms with Crippen molar-refractivity contribution in [3.63, 3.8) is 0 Å². The lowest BCUT2D eigenvalue weighted by atomic mass is 10.1. The summed E-state index contributed by atoms with van der Waals surface area (Å²) in [4.78, 5) is 11.9. The van der Waals surface area contributed by atoms with E-state index in [9.17, 15) is 4.79 Å². The minimum atomic E-state index is -0.0760. The van der Waals surface area contributed by atoms with E-state index in [1.807, 2.05) is 32.0 Å². The number of carbonyl (C=O) groups is 1. The third-order valence-electron chi connectivity index (χ3n) is 3.56. The van der Waals surface area contributed by atoms with Crippen molar-refractivity contribution in [2.45, 2.75) is 26.7 Å². The van der Waals surface area contributed by atoms with Crippen LogP contribution in [0.2, 0.25) is 10.0 Å². The van der Waals surface area contributed by atoms with E-state index in [2.05, 4.69) is 5.32 Å². The first-order valence-corrected chi connectivity index (χ1v) is 8.17. The van der Waals surface area contributed by atoms with Gasteiger partial charge in [0.15, 0.2) is 0 Å². The van der Waals surface area contributed by atoms with Crippen LogP contribution in [0.15, 0.2) is 36.4 Å². The van der Waals surface area contributed by atoms with E-state index in [4.69, 9.17) is 27.9 Å². The third-order valence-corrected chi connectivity index (χ3v) is 4.30. The number of carbonyl (C=O) groups excluding carboxylic acids is 1. The van der Waals surface area contributed by atoms with Crippen LogP contribution >= 0.6 is 23.2 Å². The second kappa shape index (κ2) is 8.23. The minimum absolute atomic E-state index is 0.0760. The SMILES string of the molecule is Cc1cccc(OCCCC(=O)Nc2ccc(Cl)c(Cl)c2)c1C. The number of hydrogen-bond donors (Lipinski definition) is 1. The lowest BCUT2D eigenvalue weighted by Gasteiger charge is -2.11. The molecule has 23 heavy (non-hydrogen) atoms. The Morgan fingerprint density at radius 1 is 1.13 bits per heavy atom. The largest absolute Gasteiger partial charge is 0.493 e. The number of rotatable bonds is 6. The highest BCUT2D eigenvalue weighted by molar-refractivity contribution is 6.42. The maximum Gasteiger partial charge on any atom is 0.224 e. The zero-order valence-corrected chi connectivity index (χ0v) is 14.7. The summed E-state index contributed by atoms with van der Waals surface area (Å²) in [5, 5.41) is 3.68. The lowest BCUT2D eigenvalue weighted by Crippen LogP contribution is -2.13. The molecular weight excluding hydrogens is 333 g/mol. The fourth-order valence-corrected chi connectivity index (χ4v) is 2.39. The Balaban J connectivity index is 1.76. The number of hydrogen-bond acceptors (Lipinski definition) is 2. The van der Waals surface area contributed by atoms with Crippen LogP contribution in [0.4, 0.5) is 5.69 Å². The zero-order valence-electron chi connectivity index (χ0n) is 13.2. The van der Waals surface area contributed by atoms with Crippen LogP contribution in [0, 0.1) is 13.8 Å². The minimum Gasteiger partial charge on any atom is -0.493 e. The summed E-state index contributed by atoms with van der Waals surface area (Å²) in [7, 11) is 0. The predicted octanol–water partition coefficient (Wildman–Crippen LogP) is 5.41. The van der Waals surface area contributed by atoms with Crippen LogP contribution in [-0.4, -0.2) is 12.5 Å². The van der Waals surface area contributed by atoms with Gasteiger partial charge in [-0.25, -0.2) is 0 Å². The second-order valence-corrected chi connectivity index (χ2v) is 6.14. The molecule has 1 N–H and O–H groups in total. The van der Waals surface area contributed by atoms with E-state index in [1.165, 1.54) is 5.56 Å². The van der Waals surface area contributed by atoms with E-state index < -0.39 is 0 Å². The van der Waals surface area contributed by atoms with Gasteiger partial charge in [0.2, 0.25) is 5.91 Å². The van der Waals surface area contributed by atoms with Gasteiger partial charge in [0, 0.05) is 12.1 Å². The lowest BCUT2D eigenvalue weighted by molar-refractivity contribution is -0.116. The average molecular weight is 352 g/mol. The van der Waals surface area contributed by atoms with Crippen molar-refractivity contribution in [3.05, 3.63) is 57.6 Å². The first kappa shape index (κ1) is 17.6. The predicted molar refractivity (Wildman–Crippen MR) is 95.7 cm³/mol. The molecule has 122 valence electrons. The smallest absolute Gasteiger partial charge is 0.224 e. The molecule has 1 amide bonds. The molecule has 0 saturated heterocycles. The van der Waals surface area contributed by atoms with Gasteiger partial charge in [-0.2, -0.15) is 0 Å². The van der Waals surface area contributed by atoms with Crippen LogP contribution in [-0.2, 0) is 4.79 Å².